The van der Waals surface area contributed by atoms with Gasteiger partial charge in [0.2, 0.25) is 0 Å². The zero-order valence-electron chi connectivity index (χ0n) is 13.3. The predicted octanol–water partition coefficient (Wildman–Crippen LogP) is 4.91. The first-order valence-corrected chi connectivity index (χ1v) is 7.62. The second kappa shape index (κ2) is 5.19. The highest BCUT2D eigenvalue weighted by Gasteiger charge is 2.33. The Hall–Kier alpha value is -1.80. The average Bonchev–Trinajstić information content (AvgIpc) is 2.44. The average molecular weight is 281 g/mol. The first-order valence-electron chi connectivity index (χ1n) is 7.62. The third-order valence-electron chi connectivity index (χ3n) is 4.40. The number of rotatable bonds is 3. The minimum Gasteiger partial charge on any atom is -0.377 e. The molecule has 0 spiro atoms. The van der Waals surface area contributed by atoms with E-state index in [1.54, 1.807) is 0 Å². The zero-order valence-corrected chi connectivity index (χ0v) is 13.3. The Balaban J connectivity index is 2.07. The van der Waals surface area contributed by atoms with Gasteiger partial charge < -0.3 is 10.1 Å². The van der Waals surface area contributed by atoms with Gasteiger partial charge >= 0.3 is 0 Å². The maximum Gasteiger partial charge on any atom is 0.0717 e. The van der Waals surface area contributed by atoms with Gasteiger partial charge in [-0.05, 0) is 48.2 Å². The molecule has 0 atom stereocenters. The van der Waals surface area contributed by atoms with Crippen molar-refractivity contribution in [3.8, 4) is 0 Å². The van der Waals surface area contributed by atoms with Crippen molar-refractivity contribution >= 4 is 11.4 Å². The van der Waals surface area contributed by atoms with E-state index in [-0.39, 0.29) is 5.41 Å². The molecule has 3 rings (SSSR count). The van der Waals surface area contributed by atoms with Gasteiger partial charge in [0.05, 0.1) is 6.61 Å². The van der Waals surface area contributed by atoms with Gasteiger partial charge in [0.1, 0.15) is 0 Å². The molecule has 2 aromatic carbocycles. The van der Waals surface area contributed by atoms with E-state index in [0.717, 1.165) is 6.61 Å². The minimum absolute atomic E-state index is 0.0192. The van der Waals surface area contributed by atoms with Crippen LogP contribution < -0.4 is 5.32 Å². The summed E-state index contributed by atoms with van der Waals surface area (Å²) in [7, 11) is 0. The molecule has 0 radical (unpaired) electrons. The van der Waals surface area contributed by atoms with E-state index in [1.807, 2.05) is 6.92 Å². The number of hydrogen-bond donors (Lipinski definition) is 1. The number of fused-ring (bicyclic) bond motifs is 2. The van der Waals surface area contributed by atoms with Gasteiger partial charge in [-0.15, -0.1) is 0 Å². The fraction of sp³-hybridized carbons (Fsp3) is 0.368. The molecule has 0 saturated carbocycles. The maximum absolute atomic E-state index is 5.52. The predicted molar refractivity (Wildman–Crippen MR) is 88.4 cm³/mol. The standard InChI is InChI=1S/C19H23NO/c1-5-21-12-14-9-10-15-17(11-14)20-16-8-6-7-13(2)18(16)19(15,3)4/h6-11,20H,5,12H2,1-4H3. The number of ether oxygens (including phenoxy) is 1. The summed E-state index contributed by atoms with van der Waals surface area (Å²) in [6.07, 6.45) is 0. The molecule has 0 fully saturated rings. The molecule has 0 bridgehead atoms. The molecule has 0 aromatic heterocycles. The van der Waals surface area contributed by atoms with Gasteiger partial charge in [-0.2, -0.15) is 0 Å². The second-order valence-electron chi connectivity index (χ2n) is 6.26. The Morgan fingerprint density at radius 2 is 1.90 bits per heavy atom. The van der Waals surface area contributed by atoms with Crippen molar-refractivity contribution in [2.75, 3.05) is 11.9 Å². The van der Waals surface area contributed by atoms with E-state index >= 15 is 0 Å². The molecule has 1 N–H and O–H groups in total. The highest BCUT2D eigenvalue weighted by Crippen LogP contribution is 2.46. The van der Waals surface area contributed by atoms with Crippen molar-refractivity contribution in [3.63, 3.8) is 0 Å². The Kier molecular flexibility index (Phi) is 3.50. The normalized spacial score (nSPS) is 15.0. The lowest BCUT2D eigenvalue weighted by atomic mass is 9.72. The van der Waals surface area contributed by atoms with Crippen molar-refractivity contribution in [2.45, 2.75) is 39.7 Å². The summed E-state index contributed by atoms with van der Waals surface area (Å²) >= 11 is 0. The first-order chi connectivity index (χ1) is 10.0. The summed E-state index contributed by atoms with van der Waals surface area (Å²) < 4.78 is 5.52. The molecule has 2 nitrogen and oxygen atoms in total. The lowest BCUT2D eigenvalue weighted by molar-refractivity contribution is 0.134. The molecule has 0 unspecified atom stereocenters. The van der Waals surface area contributed by atoms with Crippen molar-refractivity contribution < 1.29 is 4.74 Å². The van der Waals surface area contributed by atoms with Crippen LogP contribution in [-0.4, -0.2) is 6.61 Å². The molecule has 0 amide bonds. The summed E-state index contributed by atoms with van der Waals surface area (Å²) in [4.78, 5) is 0. The maximum atomic E-state index is 5.52. The molecule has 0 saturated heterocycles. The first kappa shape index (κ1) is 14.2. The number of nitrogens with one attached hydrogen (secondary N) is 1. The van der Waals surface area contributed by atoms with E-state index < -0.39 is 0 Å². The van der Waals surface area contributed by atoms with Crippen molar-refractivity contribution in [1.82, 2.24) is 0 Å². The number of hydrogen-bond acceptors (Lipinski definition) is 2. The molecule has 110 valence electrons. The highest BCUT2D eigenvalue weighted by molar-refractivity contribution is 5.77. The van der Waals surface area contributed by atoms with Crippen molar-refractivity contribution in [1.29, 1.82) is 0 Å². The zero-order chi connectivity index (χ0) is 15.0. The third kappa shape index (κ3) is 2.34. The van der Waals surface area contributed by atoms with E-state index in [1.165, 1.54) is 33.6 Å². The number of benzene rings is 2. The van der Waals surface area contributed by atoms with Gasteiger partial charge in [0, 0.05) is 23.4 Å². The van der Waals surface area contributed by atoms with Crippen LogP contribution in [0.4, 0.5) is 11.4 Å². The number of aryl methyl sites for hydroxylation is 1. The van der Waals surface area contributed by atoms with Crippen LogP contribution in [0.3, 0.4) is 0 Å². The van der Waals surface area contributed by atoms with Gasteiger partial charge in [0.25, 0.3) is 0 Å². The van der Waals surface area contributed by atoms with E-state index in [2.05, 4.69) is 62.5 Å². The largest absolute Gasteiger partial charge is 0.377 e. The fourth-order valence-electron chi connectivity index (χ4n) is 3.43. The summed E-state index contributed by atoms with van der Waals surface area (Å²) in [6.45, 7) is 10.3. The topological polar surface area (TPSA) is 21.3 Å². The minimum atomic E-state index is 0.0192. The van der Waals surface area contributed by atoms with Crippen molar-refractivity contribution in [3.05, 3.63) is 58.7 Å². The van der Waals surface area contributed by atoms with E-state index in [0.29, 0.717) is 6.61 Å². The molecule has 0 aliphatic carbocycles. The lowest BCUT2D eigenvalue weighted by Crippen LogP contribution is -2.27. The monoisotopic (exact) mass is 281 g/mol. The van der Waals surface area contributed by atoms with Crippen LogP contribution in [-0.2, 0) is 16.8 Å². The van der Waals surface area contributed by atoms with Crippen LogP contribution in [0.15, 0.2) is 36.4 Å². The van der Waals surface area contributed by atoms with E-state index in [9.17, 15) is 0 Å². The van der Waals surface area contributed by atoms with Gasteiger partial charge in [0.15, 0.2) is 0 Å². The van der Waals surface area contributed by atoms with Crippen LogP contribution in [0.1, 0.15) is 43.0 Å². The summed E-state index contributed by atoms with van der Waals surface area (Å²) in [5, 5.41) is 3.60. The van der Waals surface area contributed by atoms with Crippen LogP contribution in [0.2, 0.25) is 0 Å². The van der Waals surface area contributed by atoms with Crippen LogP contribution in [0.25, 0.3) is 0 Å². The van der Waals surface area contributed by atoms with Gasteiger partial charge in [-0.1, -0.05) is 38.1 Å². The highest BCUT2D eigenvalue weighted by atomic mass is 16.5. The lowest BCUT2D eigenvalue weighted by Gasteiger charge is -2.37. The molecule has 1 aliphatic heterocycles. The Morgan fingerprint density at radius 3 is 2.67 bits per heavy atom. The number of anilines is 2. The van der Waals surface area contributed by atoms with Gasteiger partial charge in [-0.3, -0.25) is 0 Å². The summed E-state index contributed by atoms with van der Waals surface area (Å²) in [5.74, 6) is 0. The SMILES string of the molecule is CCOCc1ccc2c(c1)Nc1cccc(C)c1C2(C)C. The Labute approximate surface area is 127 Å². The Morgan fingerprint density at radius 1 is 1.10 bits per heavy atom. The fourth-order valence-corrected chi connectivity index (χ4v) is 3.43. The summed E-state index contributed by atoms with van der Waals surface area (Å²) in [6, 6.07) is 13.1. The molecular weight excluding hydrogens is 258 g/mol. The van der Waals surface area contributed by atoms with Crippen molar-refractivity contribution in [2.24, 2.45) is 0 Å². The van der Waals surface area contributed by atoms with Gasteiger partial charge in [-0.25, -0.2) is 0 Å². The quantitative estimate of drug-likeness (QED) is 0.862. The Bertz CT molecular complexity index is 673. The summed E-state index contributed by atoms with van der Waals surface area (Å²) in [5.41, 5.74) is 7.76. The molecule has 2 heteroatoms. The molecular formula is C19H23NO. The third-order valence-corrected chi connectivity index (χ3v) is 4.40. The second-order valence-corrected chi connectivity index (χ2v) is 6.26. The van der Waals surface area contributed by atoms with Crippen LogP contribution in [0.5, 0.6) is 0 Å². The molecule has 2 aromatic rings. The van der Waals surface area contributed by atoms with Crippen LogP contribution in [0, 0.1) is 6.92 Å². The molecule has 1 heterocycles. The smallest absolute Gasteiger partial charge is 0.0717 e. The van der Waals surface area contributed by atoms with Crippen LogP contribution >= 0.6 is 0 Å². The van der Waals surface area contributed by atoms with E-state index in [4.69, 9.17) is 4.74 Å². The molecule has 21 heavy (non-hydrogen) atoms. The molecule has 1 aliphatic rings.